The van der Waals surface area contributed by atoms with E-state index in [1.54, 1.807) is 4.90 Å². The molecule has 156 valence electrons. The van der Waals surface area contributed by atoms with Crippen LogP contribution in [-0.2, 0) is 9.59 Å². The number of benzene rings is 1. The minimum Gasteiger partial charge on any atom is -0.481 e. The second-order valence-corrected chi connectivity index (χ2v) is 8.77. The van der Waals surface area contributed by atoms with Gasteiger partial charge in [-0.3, -0.25) is 14.5 Å². The molecule has 1 aliphatic rings. The smallest absolute Gasteiger partial charge is 0.303 e. The zero-order chi connectivity index (χ0) is 20.9. The van der Waals surface area contributed by atoms with E-state index in [2.05, 4.69) is 0 Å². The number of rotatable bonds is 13. The van der Waals surface area contributed by atoms with Crippen LogP contribution in [-0.4, -0.2) is 32.7 Å². The van der Waals surface area contributed by atoms with Crippen molar-refractivity contribution in [1.82, 2.24) is 4.90 Å². The fourth-order valence-electron chi connectivity index (χ4n) is 3.12. The van der Waals surface area contributed by atoms with Crippen LogP contribution in [0.5, 0.6) is 0 Å². The van der Waals surface area contributed by atoms with E-state index in [1.165, 1.54) is 11.8 Å². The Morgan fingerprint density at radius 2 is 1.62 bits per heavy atom. The lowest BCUT2D eigenvalue weighted by atomic mass is 10.1. The summed E-state index contributed by atoms with van der Waals surface area (Å²) in [6.45, 7) is 0.684. The van der Waals surface area contributed by atoms with Crippen molar-refractivity contribution < 1.29 is 14.7 Å². The van der Waals surface area contributed by atoms with E-state index < -0.39 is 5.97 Å². The summed E-state index contributed by atoms with van der Waals surface area (Å²) in [5, 5.41) is 8.60. The molecule has 0 aliphatic carbocycles. The lowest BCUT2D eigenvalue weighted by molar-refractivity contribution is -0.137. The molecule has 4 nitrogen and oxygen atoms in total. The number of amides is 1. The molecule has 1 heterocycles. The summed E-state index contributed by atoms with van der Waals surface area (Å²) < 4.78 is 0.646. The minimum atomic E-state index is -0.706. The van der Waals surface area contributed by atoms with Gasteiger partial charge < -0.3 is 5.11 Å². The van der Waals surface area contributed by atoms with Crippen molar-refractivity contribution >= 4 is 46.3 Å². The first-order chi connectivity index (χ1) is 14.1. The van der Waals surface area contributed by atoms with Crippen LogP contribution < -0.4 is 0 Å². The molecule has 0 spiro atoms. The SMILES string of the molecule is O=C(O)CCCCCCCCCCN1C(=O)C(=CC=Cc2ccccc2)SC1=S. The number of unbranched alkanes of at least 4 members (excludes halogenated alkanes) is 7. The number of thiocarbonyl (C=S) groups is 1. The highest BCUT2D eigenvalue weighted by molar-refractivity contribution is 8.26. The molecule has 29 heavy (non-hydrogen) atoms. The standard InChI is InChI=1S/C23H29NO3S2/c25-21(26)17-10-5-3-1-2-4-6-11-18-24-22(27)20(29-23(24)28)16-12-15-19-13-8-7-9-14-19/h7-9,12-16H,1-6,10-11,17-18H2,(H,25,26). The van der Waals surface area contributed by atoms with Crippen molar-refractivity contribution in [3.8, 4) is 0 Å². The van der Waals surface area contributed by atoms with Gasteiger partial charge in [-0.1, -0.05) is 105 Å². The number of carboxylic acid groups (broad SMARTS) is 1. The Morgan fingerprint density at radius 1 is 1.00 bits per heavy atom. The first-order valence-electron chi connectivity index (χ1n) is 10.3. The molecule has 0 radical (unpaired) electrons. The third kappa shape index (κ3) is 8.96. The number of hydrogen-bond donors (Lipinski definition) is 1. The number of allylic oxidation sites excluding steroid dienone is 2. The van der Waals surface area contributed by atoms with Gasteiger partial charge >= 0.3 is 5.97 Å². The Kier molecular flexibility index (Phi) is 10.7. The average Bonchev–Trinajstić information content (AvgIpc) is 2.97. The van der Waals surface area contributed by atoms with Gasteiger partial charge in [-0.25, -0.2) is 0 Å². The van der Waals surface area contributed by atoms with E-state index in [0.717, 1.165) is 56.9 Å². The first-order valence-corrected chi connectivity index (χ1v) is 11.5. The summed E-state index contributed by atoms with van der Waals surface area (Å²) in [5.74, 6) is -0.695. The van der Waals surface area contributed by atoms with Gasteiger partial charge in [0, 0.05) is 13.0 Å². The highest BCUT2D eigenvalue weighted by Gasteiger charge is 2.30. The fraction of sp³-hybridized carbons (Fsp3) is 0.435. The van der Waals surface area contributed by atoms with Crippen LogP contribution in [0.2, 0.25) is 0 Å². The summed E-state index contributed by atoms with van der Waals surface area (Å²) in [6, 6.07) is 9.99. The predicted molar refractivity (Wildman–Crippen MR) is 125 cm³/mol. The van der Waals surface area contributed by atoms with E-state index in [0.29, 0.717) is 15.8 Å². The lowest BCUT2D eigenvalue weighted by Gasteiger charge is -2.13. The molecule has 6 heteroatoms. The molecule has 1 aromatic rings. The largest absolute Gasteiger partial charge is 0.481 e. The van der Waals surface area contributed by atoms with E-state index >= 15 is 0 Å². The topological polar surface area (TPSA) is 57.6 Å². The van der Waals surface area contributed by atoms with Crippen molar-refractivity contribution in [2.45, 2.75) is 57.8 Å². The molecular weight excluding hydrogens is 402 g/mol. The van der Waals surface area contributed by atoms with Crippen LogP contribution in [0.3, 0.4) is 0 Å². The Balaban J connectivity index is 1.61. The molecule has 0 aromatic heterocycles. The van der Waals surface area contributed by atoms with Gasteiger partial charge in [-0.15, -0.1) is 0 Å². The third-order valence-corrected chi connectivity index (χ3v) is 6.13. The molecule has 0 atom stereocenters. The van der Waals surface area contributed by atoms with Crippen molar-refractivity contribution in [1.29, 1.82) is 0 Å². The normalized spacial score (nSPS) is 15.7. The Bertz CT molecular complexity index is 744. The molecule has 1 N–H and O–H groups in total. The van der Waals surface area contributed by atoms with Gasteiger partial charge in [0.25, 0.3) is 5.91 Å². The zero-order valence-electron chi connectivity index (χ0n) is 16.7. The predicted octanol–water partition coefficient (Wildman–Crippen LogP) is 6.04. The molecule has 2 rings (SSSR count). The molecule has 0 unspecified atom stereocenters. The highest BCUT2D eigenvalue weighted by atomic mass is 32.2. The quantitative estimate of drug-likeness (QED) is 0.234. The molecule has 0 bridgehead atoms. The van der Waals surface area contributed by atoms with Gasteiger partial charge in [0.1, 0.15) is 4.32 Å². The van der Waals surface area contributed by atoms with Gasteiger partial charge in [-0.05, 0) is 24.5 Å². The summed E-state index contributed by atoms with van der Waals surface area (Å²) in [6.07, 6.45) is 14.4. The molecule has 1 fully saturated rings. The second-order valence-electron chi connectivity index (χ2n) is 7.10. The number of aliphatic carboxylic acids is 1. The van der Waals surface area contributed by atoms with E-state index in [9.17, 15) is 9.59 Å². The van der Waals surface area contributed by atoms with Crippen LogP contribution in [0.4, 0.5) is 0 Å². The van der Waals surface area contributed by atoms with Crippen LogP contribution >= 0.6 is 24.0 Å². The maximum absolute atomic E-state index is 12.5. The summed E-state index contributed by atoms with van der Waals surface area (Å²) >= 11 is 6.75. The molecule has 1 aromatic carbocycles. The maximum atomic E-state index is 12.5. The van der Waals surface area contributed by atoms with Gasteiger partial charge in [0.05, 0.1) is 4.91 Å². The van der Waals surface area contributed by atoms with E-state index in [1.807, 2.05) is 48.6 Å². The van der Waals surface area contributed by atoms with Crippen LogP contribution in [0.25, 0.3) is 6.08 Å². The number of thioether (sulfide) groups is 1. The van der Waals surface area contributed by atoms with E-state index in [-0.39, 0.29) is 12.3 Å². The van der Waals surface area contributed by atoms with Gasteiger partial charge in [0.15, 0.2) is 0 Å². The Morgan fingerprint density at radius 3 is 2.28 bits per heavy atom. The average molecular weight is 432 g/mol. The van der Waals surface area contributed by atoms with E-state index in [4.69, 9.17) is 17.3 Å². The van der Waals surface area contributed by atoms with Crippen molar-refractivity contribution in [3.63, 3.8) is 0 Å². The van der Waals surface area contributed by atoms with Crippen LogP contribution in [0.1, 0.15) is 63.4 Å². The minimum absolute atomic E-state index is 0.0103. The van der Waals surface area contributed by atoms with Crippen molar-refractivity contribution in [2.24, 2.45) is 0 Å². The second kappa shape index (κ2) is 13.3. The van der Waals surface area contributed by atoms with Crippen LogP contribution in [0, 0.1) is 0 Å². The zero-order valence-corrected chi connectivity index (χ0v) is 18.4. The fourth-order valence-corrected chi connectivity index (χ4v) is 4.38. The number of carbonyl (C=O) groups excluding carboxylic acids is 1. The molecular formula is C23H29NO3S2. The lowest BCUT2D eigenvalue weighted by Crippen LogP contribution is -2.29. The molecule has 1 amide bonds. The van der Waals surface area contributed by atoms with Crippen LogP contribution in [0.15, 0.2) is 47.4 Å². The summed E-state index contributed by atoms with van der Waals surface area (Å²) in [4.78, 5) is 25.4. The van der Waals surface area contributed by atoms with Gasteiger partial charge in [-0.2, -0.15) is 0 Å². The summed E-state index contributed by atoms with van der Waals surface area (Å²) in [7, 11) is 0. The maximum Gasteiger partial charge on any atom is 0.303 e. The van der Waals surface area contributed by atoms with Crippen molar-refractivity contribution in [2.75, 3.05) is 6.54 Å². The van der Waals surface area contributed by atoms with Crippen molar-refractivity contribution in [3.05, 3.63) is 53.0 Å². The number of carbonyl (C=O) groups is 2. The highest BCUT2D eigenvalue weighted by Crippen LogP contribution is 2.31. The number of hydrogen-bond acceptors (Lipinski definition) is 4. The monoisotopic (exact) mass is 431 g/mol. The van der Waals surface area contributed by atoms with Gasteiger partial charge in [0.2, 0.25) is 0 Å². The number of nitrogens with zero attached hydrogens (tertiary/aromatic N) is 1. The Labute approximate surface area is 183 Å². The number of carboxylic acids is 1. The Hall–Kier alpha value is -1.92. The summed E-state index contributed by atoms with van der Waals surface area (Å²) in [5.41, 5.74) is 1.10. The molecule has 0 saturated carbocycles. The third-order valence-electron chi connectivity index (χ3n) is 4.73. The first kappa shape index (κ1) is 23.4. The molecule has 1 saturated heterocycles. The molecule has 1 aliphatic heterocycles.